The predicted molar refractivity (Wildman–Crippen MR) is 69.0 cm³/mol. The molecule has 1 aromatic carbocycles. The molecule has 0 radical (unpaired) electrons. The van der Waals surface area contributed by atoms with E-state index in [4.69, 9.17) is 9.47 Å². The van der Waals surface area contributed by atoms with E-state index in [0.29, 0.717) is 12.4 Å². The molecule has 19 heavy (non-hydrogen) atoms. The number of benzene rings is 1. The number of hydrogen-bond donors (Lipinski definition) is 2. The molecule has 0 spiro atoms. The number of tetrazole rings is 1. The molecule has 0 saturated carbocycles. The summed E-state index contributed by atoms with van der Waals surface area (Å²) in [6.45, 7) is 2.56. The van der Waals surface area contributed by atoms with Gasteiger partial charge in [-0.15, -0.1) is 10.2 Å². The Hall–Kier alpha value is -2.15. The first-order chi connectivity index (χ1) is 9.24. The summed E-state index contributed by atoms with van der Waals surface area (Å²) in [7, 11) is 3.29. The topological polar surface area (TPSA) is 85.0 Å². The standard InChI is InChI=1S/C12H17N5O2/c1-8(13-7-12-14-16-17-15-12)10-6-9(18-2)4-5-11(10)19-3/h4-6,8,13H,7H2,1-3H3,(H,14,15,16,17). The van der Waals surface area contributed by atoms with Crippen molar-refractivity contribution in [1.29, 1.82) is 0 Å². The first-order valence-corrected chi connectivity index (χ1v) is 5.92. The van der Waals surface area contributed by atoms with Gasteiger partial charge >= 0.3 is 0 Å². The molecule has 0 fully saturated rings. The average molecular weight is 263 g/mol. The number of methoxy groups -OCH3 is 2. The molecule has 1 aromatic heterocycles. The molecular formula is C12H17N5O2. The maximum Gasteiger partial charge on any atom is 0.188 e. The number of nitrogens with zero attached hydrogens (tertiary/aromatic N) is 3. The first-order valence-electron chi connectivity index (χ1n) is 5.92. The van der Waals surface area contributed by atoms with Crippen molar-refractivity contribution in [3.05, 3.63) is 29.6 Å². The van der Waals surface area contributed by atoms with Gasteiger partial charge in [-0.25, -0.2) is 0 Å². The highest BCUT2D eigenvalue weighted by atomic mass is 16.5. The maximum absolute atomic E-state index is 5.36. The van der Waals surface area contributed by atoms with E-state index in [1.165, 1.54) is 0 Å². The van der Waals surface area contributed by atoms with Crippen LogP contribution < -0.4 is 14.8 Å². The molecule has 2 N–H and O–H groups in total. The van der Waals surface area contributed by atoms with Crippen molar-refractivity contribution in [2.45, 2.75) is 19.5 Å². The third-order valence-electron chi connectivity index (χ3n) is 2.86. The van der Waals surface area contributed by atoms with Crippen molar-refractivity contribution in [2.75, 3.05) is 14.2 Å². The zero-order valence-corrected chi connectivity index (χ0v) is 11.2. The molecule has 1 heterocycles. The Balaban J connectivity index is 2.10. The Kier molecular flexibility index (Phi) is 4.30. The zero-order valence-electron chi connectivity index (χ0n) is 11.2. The lowest BCUT2D eigenvalue weighted by molar-refractivity contribution is 0.391. The molecular weight excluding hydrogens is 246 g/mol. The molecule has 0 aliphatic rings. The monoisotopic (exact) mass is 263 g/mol. The van der Waals surface area contributed by atoms with E-state index in [-0.39, 0.29) is 6.04 Å². The Bertz CT molecular complexity index is 515. The Labute approximate surface area is 111 Å². The Morgan fingerprint density at radius 1 is 1.32 bits per heavy atom. The fraction of sp³-hybridized carbons (Fsp3) is 0.417. The van der Waals surface area contributed by atoms with E-state index in [1.807, 2.05) is 25.1 Å². The first kappa shape index (κ1) is 13.3. The fourth-order valence-electron chi connectivity index (χ4n) is 1.79. The molecule has 2 aromatic rings. The molecule has 0 bridgehead atoms. The molecule has 0 saturated heterocycles. The third kappa shape index (κ3) is 3.19. The molecule has 7 heteroatoms. The van der Waals surface area contributed by atoms with Crippen molar-refractivity contribution in [3.8, 4) is 11.5 Å². The van der Waals surface area contributed by atoms with Crippen LogP contribution in [-0.2, 0) is 6.54 Å². The summed E-state index contributed by atoms with van der Waals surface area (Å²) in [6, 6.07) is 5.78. The number of ether oxygens (including phenoxy) is 2. The lowest BCUT2D eigenvalue weighted by Gasteiger charge is -2.17. The number of aromatic amines is 1. The van der Waals surface area contributed by atoms with E-state index >= 15 is 0 Å². The Morgan fingerprint density at radius 3 is 2.79 bits per heavy atom. The van der Waals surface area contributed by atoms with Gasteiger partial charge in [0.15, 0.2) is 5.82 Å². The van der Waals surface area contributed by atoms with Crippen LogP contribution in [0.15, 0.2) is 18.2 Å². The number of rotatable bonds is 6. The van der Waals surface area contributed by atoms with Gasteiger partial charge in [0.2, 0.25) is 0 Å². The van der Waals surface area contributed by atoms with Crippen LogP contribution >= 0.6 is 0 Å². The van der Waals surface area contributed by atoms with E-state index in [1.54, 1.807) is 14.2 Å². The van der Waals surface area contributed by atoms with Crippen LogP contribution in [0.2, 0.25) is 0 Å². The van der Waals surface area contributed by atoms with Gasteiger partial charge in [-0.2, -0.15) is 5.21 Å². The zero-order chi connectivity index (χ0) is 13.7. The van der Waals surface area contributed by atoms with Gasteiger partial charge in [-0.3, -0.25) is 0 Å². The number of hydrogen-bond acceptors (Lipinski definition) is 6. The second kappa shape index (κ2) is 6.14. The third-order valence-corrected chi connectivity index (χ3v) is 2.86. The van der Waals surface area contributed by atoms with Crippen molar-refractivity contribution in [3.63, 3.8) is 0 Å². The predicted octanol–water partition coefficient (Wildman–Crippen LogP) is 1.07. The van der Waals surface area contributed by atoms with Crippen LogP contribution in [0.3, 0.4) is 0 Å². The van der Waals surface area contributed by atoms with Gasteiger partial charge in [0, 0.05) is 11.6 Å². The van der Waals surface area contributed by atoms with E-state index in [9.17, 15) is 0 Å². The molecule has 102 valence electrons. The summed E-state index contributed by atoms with van der Waals surface area (Å²) in [4.78, 5) is 0. The van der Waals surface area contributed by atoms with Gasteiger partial charge in [0.05, 0.1) is 20.8 Å². The lowest BCUT2D eigenvalue weighted by atomic mass is 10.1. The molecule has 7 nitrogen and oxygen atoms in total. The highest BCUT2D eigenvalue weighted by molar-refractivity contribution is 5.42. The molecule has 1 unspecified atom stereocenters. The minimum atomic E-state index is 0.0727. The van der Waals surface area contributed by atoms with E-state index in [0.717, 1.165) is 17.1 Å². The largest absolute Gasteiger partial charge is 0.497 e. The fourth-order valence-corrected chi connectivity index (χ4v) is 1.79. The minimum Gasteiger partial charge on any atom is -0.497 e. The summed E-state index contributed by atoms with van der Waals surface area (Å²) in [5.74, 6) is 2.23. The van der Waals surface area contributed by atoms with Gasteiger partial charge in [-0.05, 0) is 25.1 Å². The van der Waals surface area contributed by atoms with Gasteiger partial charge in [0.25, 0.3) is 0 Å². The molecule has 0 amide bonds. The highest BCUT2D eigenvalue weighted by Gasteiger charge is 2.13. The van der Waals surface area contributed by atoms with Crippen LogP contribution in [0.1, 0.15) is 24.4 Å². The average Bonchev–Trinajstić information content (AvgIpc) is 2.97. The van der Waals surface area contributed by atoms with E-state index < -0.39 is 0 Å². The quantitative estimate of drug-likeness (QED) is 0.811. The molecule has 2 rings (SSSR count). The molecule has 0 aliphatic heterocycles. The van der Waals surface area contributed by atoms with Crippen molar-refractivity contribution in [1.82, 2.24) is 25.9 Å². The van der Waals surface area contributed by atoms with Crippen LogP contribution in [0.4, 0.5) is 0 Å². The van der Waals surface area contributed by atoms with Crippen LogP contribution in [-0.4, -0.2) is 34.8 Å². The van der Waals surface area contributed by atoms with E-state index in [2.05, 4.69) is 25.9 Å². The SMILES string of the molecule is COc1ccc(OC)c(C(C)NCc2nn[nH]n2)c1. The van der Waals surface area contributed by atoms with Gasteiger partial charge in [0.1, 0.15) is 11.5 Å². The number of aromatic nitrogens is 4. The summed E-state index contributed by atoms with van der Waals surface area (Å²) in [5.41, 5.74) is 1.02. The summed E-state index contributed by atoms with van der Waals surface area (Å²) < 4.78 is 10.6. The van der Waals surface area contributed by atoms with Crippen LogP contribution in [0.5, 0.6) is 11.5 Å². The van der Waals surface area contributed by atoms with Crippen LogP contribution in [0, 0.1) is 0 Å². The second-order valence-corrected chi connectivity index (χ2v) is 4.04. The number of nitrogens with one attached hydrogen (secondary N) is 2. The summed E-state index contributed by atoms with van der Waals surface area (Å²) >= 11 is 0. The van der Waals surface area contributed by atoms with Gasteiger partial charge < -0.3 is 14.8 Å². The molecule has 1 atom stereocenters. The molecule has 0 aliphatic carbocycles. The van der Waals surface area contributed by atoms with Crippen LogP contribution in [0.25, 0.3) is 0 Å². The van der Waals surface area contributed by atoms with Crippen molar-refractivity contribution in [2.24, 2.45) is 0 Å². The maximum atomic E-state index is 5.36. The lowest BCUT2D eigenvalue weighted by Crippen LogP contribution is -2.19. The minimum absolute atomic E-state index is 0.0727. The Morgan fingerprint density at radius 2 is 2.16 bits per heavy atom. The highest BCUT2D eigenvalue weighted by Crippen LogP contribution is 2.29. The van der Waals surface area contributed by atoms with Gasteiger partial charge in [-0.1, -0.05) is 5.21 Å². The summed E-state index contributed by atoms with van der Waals surface area (Å²) in [5, 5.41) is 17.0. The van der Waals surface area contributed by atoms with Crippen molar-refractivity contribution >= 4 is 0 Å². The van der Waals surface area contributed by atoms with Crippen molar-refractivity contribution < 1.29 is 9.47 Å². The summed E-state index contributed by atoms with van der Waals surface area (Å²) in [6.07, 6.45) is 0. The smallest absolute Gasteiger partial charge is 0.188 e. The number of H-pyrrole nitrogens is 1. The second-order valence-electron chi connectivity index (χ2n) is 4.04. The normalized spacial score (nSPS) is 12.2.